The van der Waals surface area contributed by atoms with Gasteiger partial charge in [-0.15, -0.1) is 0 Å². The van der Waals surface area contributed by atoms with Gasteiger partial charge in [-0.25, -0.2) is 4.98 Å². The largest absolute Gasteiger partial charge is 0.457 e. The Labute approximate surface area is 169 Å². The van der Waals surface area contributed by atoms with Gasteiger partial charge in [0.05, 0.1) is 16.7 Å². The monoisotopic (exact) mass is 389 g/mol. The molecule has 0 aliphatic carbocycles. The lowest BCUT2D eigenvalue weighted by atomic mass is 10.1. The van der Waals surface area contributed by atoms with Gasteiger partial charge in [-0.1, -0.05) is 36.9 Å². The summed E-state index contributed by atoms with van der Waals surface area (Å²) < 4.78 is 6.09. The summed E-state index contributed by atoms with van der Waals surface area (Å²) in [6.45, 7) is 6.35. The highest BCUT2D eigenvalue weighted by atomic mass is 32.2. The fourth-order valence-electron chi connectivity index (χ4n) is 3.02. The lowest BCUT2D eigenvalue weighted by Gasteiger charge is -2.11. The van der Waals surface area contributed by atoms with Crippen LogP contribution in [0.3, 0.4) is 0 Å². The molecule has 5 heteroatoms. The van der Waals surface area contributed by atoms with Gasteiger partial charge in [0.15, 0.2) is 5.16 Å². The Balaban J connectivity index is 1.52. The van der Waals surface area contributed by atoms with Gasteiger partial charge < -0.3 is 9.72 Å². The van der Waals surface area contributed by atoms with Crippen molar-refractivity contribution in [2.45, 2.75) is 38.1 Å². The Morgan fingerprint density at radius 3 is 2.61 bits per heavy atom. The number of para-hydroxylation sites is 1. The molecule has 4 nitrogen and oxygen atoms in total. The number of ether oxygens (including phenoxy) is 1. The molecule has 28 heavy (non-hydrogen) atoms. The van der Waals surface area contributed by atoms with Crippen molar-refractivity contribution in [2.24, 2.45) is 0 Å². The molecule has 4 aromatic rings. The first-order valence-corrected chi connectivity index (χ1v) is 10.4. The number of imidazole rings is 1. The molecule has 0 fully saturated rings. The number of nitrogens with zero attached hydrogens (tertiary/aromatic N) is 2. The first-order chi connectivity index (χ1) is 13.6. The van der Waals surface area contributed by atoms with E-state index in [9.17, 15) is 0 Å². The number of H-pyrrole nitrogens is 1. The highest BCUT2D eigenvalue weighted by Crippen LogP contribution is 2.29. The number of rotatable bonds is 6. The molecular weight excluding hydrogens is 366 g/mol. The van der Waals surface area contributed by atoms with Crippen LogP contribution in [0, 0.1) is 13.8 Å². The second-order valence-corrected chi connectivity index (χ2v) is 7.80. The maximum Gasteiger partial charge on any atom is 0.166 e. The number of fused-ring (bicyclic) bond motifs is 1. The molecule has 0 bridgehead atoms. The van der Waals surface area contributed by atoms with Crippen LogP contribution in [-0.4, -0.2) is 15.0 Å². The number of aromatic nitrogens is 3. The smallest absolute Gasteiger partial charge is 0.166 e. The lowest BCUT2D eigenvalue weighted by molar-refractivity contribution is 0.475. The summed E-state index contributed by atoms with van der Waals surface area (Å²) in [6.07, 6.45) is 2.80. The summed E-state index contributed by atoms with van der Waals surface area (Å²) in [4.78, 5) is 12.7. The highest BCUT2D eigenvalue weighted by molar-refractivity contribution is 7.98. The molecule has 2 heterocycles. The summed E-state index contributed by atoms with van der Waals surface area (Å²) in [5.74, 6) is 2.44. The number of hydrogen-bond acceptors (Lipinski definition) is 4. The molecular formula is C23H23N3OS. The summed E-state index contributed by atoms with van der Waals surface area (Å²) in [5, 5.41) is 0.909. The Bertz CT molecular complexity index is 1070. The zero-order valence-electron chi connectivity index (χ0n) is 16.3. The Morgan fingerprint density at radius 2 is 1.82 bits per heavy atom. The Morgan fingerprint density at radius 1 is 1.04 bits per heavy atom. The lowest BCUT2D eigenvalue weighted by Crippen LogP contribution is -1.96. The Hall–Kier alpha value is -2.79. The van der Waals surface area contributed by atoms with Crippen molar-refractivity contribution < 1.29 is 4.74 Å². The SMILES string of the molecule is CCc1cnc(CSc2nc3cc(C)c(C)cc3[nH]2)cc1Oc1ccccc1. The zero-order chi connectivity index (χ0) is 19.5. The number of hydrogen-bond donors (Lipinski definition) is 1. The van der Waals surface area contributed by atoms with Crippen LogP contribution >= 0.6 is 11.8 Å². The second-order valence-electron chi connectivity index (χ2n) is 6.84. The van der Waals surface area contributed by atoms with Crippen molar-refractivity contribution in [1.29, 1.82) is 0 Å². The molecule has 0 aliphatic heterocycles. The molecule has 2 aromatic heterocycles. The van der Waals surface area contributed by atoms with Crippen LogP contribution in [0.1, 0.15) is 29.3 Å². The topological polar surface area (TPSA) is 50.8 Å². The third kappa shape index (κ3) is 4.04. The number of benzene rings is 2. The van der Waals surface area contributed by atoms with E-state index in [1.807, 2.05) is 42.6 Å². The fourth-order valence-corrected chi connectivity index (χ4v) is 3.80. The van der Waals surface area contributed by atoms with Crippen molar-refractivity contribution in [3.8, 4) is 11.5 Å². The molecule has 1 N–H and O–H groups in total. The number of nitrogens with one attached hydrogen (secondary N) is 1. The van der Waals surface area contributed by atoms with E-state index in [1.165, 1.54) is 11.1 Å². The van der Waals surface area contributed by atoms with Crippen LogP contribution in [0.2, 0.25) is 0 Å². The molecule has 0 amide bonds. The van der Waals surface area contributed by atoms with Gasteiger partial charge >= 0.3 is 0 Å². The first kappa shape index (κ1) is 18.6. The summed E-state index contributed by atoms with van der Waals surface area (Å²) in [6, 6.07) is 16.2. The van der Waals surface area contributed by atoms with E-state index >= 15 is 0 Å². The number of aromatic amines is 1. The van der Waals surface area contributed by atoms with E-state index in [2.05, 4.69) is 42.9 Å². The van der Waals surface area contributed by atoms with Gasteiger partial charge in [-0.2, -0.15) is 0 Å². The van der Waals surface area contributed by atoms with Crippen molar-refractivity contribution in [3.63, 3.8) is 0 Å². The van der Waals surface area contributed by atoms with Gasteiger partial charge in [0, 0.05) is 23.6 Å². The number of aryl methyl sites for hydroxylation is 3. The van der Waals surface area contributed by atoms with Gasteiger partial charge in [0.1, 0.15) is 11.5 Å². The van der Waals surface area contributed by atoms with Crippen molar-refractivity contribution in [1.82, 2.24) is 15.0 Å². The molecule has 0 saturated carbocycles. The van der Waals surface area contributed by atoms with E-state index < -0.39 is 0 Å². The van der Waals surface area contributed by atoms with Gasteiger partial charge in [0.2, 0.25) is 0 Å². The Kier molecular flexibility index (Phi) is 5.35. The van der Waals surface area contributed by atoms with E-state index in [0.717, 1.165) is 51.1 Å². The van der Waals surface area contributed by atoms with Crippen LogP contribution in [0.5, 0.6) is 11.5 Å². The average molecular weight is 390 g/mol. The molecule has 2 aromatic carbocycles. The van der Waals surface area contributed by atoms with Crippen molar-refractivity contribution in [2.75, 3.05) is 0 Å². The van der Waals surface area contributed by atoms with Crippen LogP contribution in [0.15, 0.2) is 59.9 Å². The van der Waals surface area contributed by atoms with E-state index in [4.69, 9.17) is 9.72 Å². The zero-order valence-corrected chi connectivity index (χ0v) is 17.1. The minimum Gasteiger partial charge on any atom is -0.457 e. The number of thioether (sulfide) groups is 1. The second kappa shape index (κ2) is 8.07. The van der Waals surface area contributed by atoms with Gasteiger partial charge in [0.25, 0.3) is 0 Å². The summed E-state index contributed by atoms with van der Waals surface area (Å²) >= 11 is 1.65. The third-order valence-electron chi connectivity index (χ3n) is 4.78. The molecule has 142 valence electrons. The summed E-state index contributed by atoms with van der Waals surface area (Å²) in [5.41, 5.74) is 6.69. The molecule has 0 saturated heterocycles. The fraction of sp³-hybridized carbons (Fsp3) is 0.217. The standard InChI is InChI=1S/C23H23N3OS/c1-4-17-13-24-18(12-22(17)27-19-8-6-5-7-9-19)14-28-23-25-20-10-15(2)16(3)11-21(20)26-23/h5-13H,4,14H2,1-3H3,(H,25,26). The van der Waals surface area contributed by atoms with Crippen LogP contribution in [-0.2, 0) is 12.2 Å². The van der Waals surface area contributed by atoms with Crippen LogP contribution < -0.4 is 4.74 Å². The molecule has 0 unspecified atom stereocenters. The van der Waals surface area contributed by atoms with E-state index in [-0.39, 0.29) is 0 Å². The molecule has 0 atom stereocenters. The van der Waals surface area contributed by atoms with Gasteiger partial charge in [-0.3, -0.25) is 4.98 Å². The summed E-state index contributed by atoms with van der Waals surface area (Å²) in [7, 11) is 0. The first-order valence-electron chi connectivity index (χ1n) is 9.43. The van der Waals surface area contributed by atoms with Crippen molar-refractivity contribution >= 4 is 22.8 Å². The van der Waals surface area contributed by atoms with Crippen LogP contribution in [0.25, 0.3) is 11.0 Å². The third-order valence-corrected chi connectivity index (χ3v) is 5.69. The average Bonchev–Trinajstić information content (AvgIpc) is 3.09. The van der Waals surface area contributed by atoms with Crippen LogP contribution in [0.4, 0.5) is 0 Å². The van der Waals surface area contributed by atoms with E-state index in [0.29, 0.717) is 0 Å². The molecule has 0 aliphatic rings. The van der Waals surface area contributed by atoms with Crippen molar-refractivity contribution in [3.05, 3.63) is 77.1 Å². The molecule has 4 rings (SSSR count). The quantitative estimate of drug-likeness (QED) is 0.398. The van der Waals surface area contributed by atoms with E-state index in [1.54, 1.807) is 11.8 Å². The molecule has 0 spiro atoms. The van der Waals surface area contributed by atoms with Gasteiger partial charge in [-0.05, 0) is 55.7 Å². The minimum absolute atomic E-state index is 0.729. The minimum atomic E-state index is 0.729. The highest BCUT2D eigenvalue weighted by Gasteiger charge is 2.10. The molecule has 0 radical (unpaired) electrons. The maximum atomic E-state index is 6.09. The number of pyridine rings is 1. The normalized spacial score (nSPS) is 11.1. The maximum absolute atomic E-state index is 6.09. The predicted molar refractivity (Wildman–Crippen MR) is 115 cm³/mol. The predicted octanol–water partition coefficient (Wildman–Crippen LogP) is 6.22.